The number of anilines is 2. The lowest BCUT2D eigenvalue weighted by molar-refractivity contribution is -0.174. The predicted molar refractivity (Wildman–Crippen MR) is 70.6 cm³/mol. The maximum atomic E-state index is 11.8. The van der Waals surface area contributed by atoms with Gasteiger partial charge in [-0.25, -0.2) is 0 Å². The Hall–Kier alpha value is -1.47. The van der Waals surface area contributed by atoms with E-state index in [1.807, 2.05) is 0 Å². The number of rotatable bonds is 6. The van der Waals surface area contributed by atoms with Gasteiger partial charge in [0.15, 0.2) is 0 Å². The number of alkyl halides is 3. The van der Waals surface area contributed by atoms with Crippen molar-refractivity contribution in [1.29, 1.82) is 0 Å². The molecular formula is C12H14ClF3N2O2. The third-order valence-corrected chi connectivity index (χ3v) is 2.58. The van der Waals surface area contributed by atoms with Crippen molar-refractivity contribution >= 4 is 28.9 Å². The van der Waals surface area contributed by atoms with Gasteiger partial charge in [-0.1, -0.05) is 11.6 Å². The summed E-state index contributed by atoms with van der Waals surface area (Å²) in [7, 11) is 0. The Morgan fingerprint density at radius 1 is 1.40 bits per heavy atom. The molecule has 8 heteroatoms. The molecule has 0 aliphatic heterocycles. The van der Waals surface area contributed by atoms with Crippen molar-refractivity contribution in [2.75, 3.05) is 24.3 Å². The van der Waals surface area contributed by atoms with Crippen LogP contribution in [0.15, 0.2) is 18.2 Å². The number of ether oxygens (including phenoxy) is 1. The summed E-state index contributed by atoms with van der Waals surface area (Å²) in [5.74, 6) is -0.331. The van der Waals surface area contributed by atoms with Crippen molar-refractivity contribution < 1.29 is 22.7 Å². The average Bonchev–Trinajstić information content (AvgIpc) is 2.32. The maximum Gasteiger partial charge on any atom is 0.411 e. The number of nitrogen functional groups attached to an aromatic ring is 1. The first-order valence-electron chi connectivity index (χ1n) is 5.77. The van der Waals surface area contributed by atoms with Crippen LogP contribution in [0, 0.1) is 0 Å². The van der Waals surface area contributed by atoms with Crippen LogP contribution in [-0.4, -0.2) is 25.3 Å². The molecular weight excluding hydrogens is 297 g/mol. The molecule has 3 N–H and O–H groups in total. The molecule has 0 aliphatic rings. The van der Waals surface area contributed by atoms with Crippen molar-refractivity contribution in [3.63, 3.8) is 0 Å². The maximum absolute atomic E-state index is 11.8. The standard InChI is InChI=1S/C12H14ClF3N2O2/c13-9-4-3-8(6-10(9)17)18-11(19)2-1-5-20-7-12(14,15)16/h3-4,6H,1-2,5,7,17H2,(H,18,19). The average molecular weight is 311 g/mol. The van der Waals surface area contributed by atoms with E-state index in [9.17, 15) is 18.0 Å². The Bertz CT molecular complexity index is 467. The van der Waals surface area contributed by atoms with E-state index in [0.29, 0.717) is 16.4 Å². The van der Waals surface area contributed by atoms with Gasteiger partial charge in [-0.3, -0.25) is 4.79 Å². The molecule has 0 unspecified atom stereocenters. The molecule has 1 aromatic carbocycles. The Labute approximate surface area is 119 Å². The number of carbonyl (C=O) groups excluding carboxylic acids is 1. The van der Waals surface area contributed by atoms with Gasteiger partial charge < -0.3 is 15.8 Å². The summed E-state index contributed by atoms with van der Waals surface area (Å²) >= 11 is 5.73. The van der Waals surface area contributed by atoms with E-state index in [0.717, 1.165) is 0 Å². The van der Waals surface area contributed by atoms with E-state index in [1.165, 1.54) is 6.07 Å². The first-order valence-corrected chi connectivity index (χ1v) is 6.15. The molecule has 0 fully saturated rings. The number of carbonyl (C=O) groups is 1. The van der Waals surface area contributed by atoms with Gasteiger partial charge in [-0.2, -0.15) is 13.2 Å². The Kier molecular flexibility index (Phi) is 6.09. The fourth-order valence-corrected chi connectivity index (χ4v) is 1.49. The molecule has 0 saturated heterocycles. The smallest absolute Gasteiger partial charge is 0.397 e. The molecule has 112 valence electrons. The number of hydrogen-bond donors (Lipinski definition) is 2. The van der Waals surface area contributed by atoms with Crippen LogP contribution in [0.3, 0.4) is 0 Å². The molecule has 1 amide bonds. The van der Waals surface area contributed by atoms with Crippen LogP contribution >= 0.6 is 11.6 Å². The van der Waals surface area contributed by atoms with Crippen LogP contribution in [0.4, 0.5) is 24.5 Å². The first kappa shape index (κ1) is 16.6. The van der Waals surface area contributed by atoms with Gasteiger partial charge in [0.25, 0.3) is 0 Å². The van der Waals surface area contributed by atoms with Crippen LogP contribution < -0.4 is 11.1 Å². The van der Waals surface area contributed by atoms with Crippen LogP contribution in [0.25, 0.3) is 0 Å². The summed E-state index contributed by atoms with van der Waals surface area (Å²) in [5, 5.41) is 2.94. The fraction of sp³-hybridized carbons (Fsp3) is 0.417. The van der Waals surface area contributed by atoms with Crippen LogP contribution in [0.1, 0.15) is 12.8 Å². The molecule has 0 aromatic heterocycles. The molecule has 0 aliphatic carbocycles. The molecule has 0 radical (unpaired) electrons. The molecule has 20 heavy (non-hydrogen) atoms. The summed E-state index contributed by atoms with van der Waals surface area (Å²) < 4.78 is 39.7. The van der Waals surface area contributed by atoms with Crippen LogP contribution in [0.5, 0.6) is 0 Å². The quantitative estimate of drug-likeness (QED) is 0.626. The Morgan fingerprint density at radius 3 is 2.70 bits per heavy atom. The van der Waals surface area contributed by atoms with Crippen molar-refractivity contribution in [3.05, 3.63) is 23.2 Å². The highest BCUT2D eigenvalue weighted by molar-refractivity contribution is 6.33. The normalized spacial score (nSPS) is 11.4. The van der Waals surface area contributed by atoms with Gasteiger partial charge in [-0.15, -0.1) is 0 Å². The molecule has 4 nitrogen and oxygen atoms in total. The van der Waals surface area contributed by atoms with E-state index in [2.05, 4.69) is 10.1 Å². The molecule has 0 atom stereocenters. The molecule has 1 aromatic rings. The van der Waals surface area contributed by atoms with Crippen molar-refractivity contribution in [2.24, 2.45) is 0 Å². The summed E-state index contributed by atoms with van der Waals surface area (Å²) in [5.41, 5.74) is 6.38. The van der Waals surface area contributed by atoms with Crippen molar-refractivity contribution in [3.8, 4) is 0 Å². The largest absolute Gasteiger partial charge is 0.411 e. The molecule has 0 spiro atoms. The zero-order chi connectivity index (χ0) is 15.2. The second-order valence-corrected chi connectivity index (χ2v) is 4.46. The molecule has 0 heterocycles. The molecule has 0 bridgehead atoms. The van der Waals surface area contributed by atoms with Gasteiger partial charge in [0, 0.05) is 18.7 Å². The van der Waals surface area contributed by atoms with Crippen LogP contribution in [-0.2, 0) is 9.53 Å². The highest BCUT2D eigenvalue weighted by Crippen LogP contribution is 2.22. The van der Waals surface area contributed by atoms with Gasteiger partial charge in [0.05, 0.1) is 10.7 Å². The van der Waals surface area contributed by atoms with E-state index in [1.54, 1.807) is 12.1 Å². The topological polar surface area (TPSA) is 64.3 Å². The van der Waals surface area contributed by atoms with Crippen LogP contribution in [0.2, 0.25) is 5.02 Å². The monoisotopic (exact) mass is 310 g/mol. The van der Waals surface area contributed by atoms with Crippen molar-refractivity contribution in [2.45, 2.75) is 19.0 Å². The van der Waals surface area contributed by atoms with E-state index >= 15 is 0 Å². The number of amides is 1. The summed E-state index contributed by atoms with van der Waals surface area (Å²) in [4.78, 5) is 11.5. The van der Waals surface area contributed by atoms with Gasteiger partial charge in [0.1, 0.15) is 6.61 Å². The predicted octanol–water partition coefficient (Wildman–Crippen LogP) is 3.22. The highest BCUT2D eigenvalue weighted by atomic mass is 35.5. The fourth-order valence-electron chi connectivity index (χ4n) is 1.37. The third kappa shape index (κ3) is 6.63. The number of halogens is 4. The summed E-state index contributed by atoms with van der Waals surface area (Å²) in [6.07, 6.45) is -4.09. The van der Waals surface area contributed by atoms with E-state index in [-0.39, 0.29) is 25.4 Å². The Balaban J connectivity index is 2.25. The van der Waals surface area contributed by atoms with Gasteiger partial charge >= 0.3 is 6.18 Å². The summed E-state index contributed by atoms with van der Waals surface area (Å²) in [6.45, 7) is -1.43. The minimum atomic E-state index is -4.34. The van der Waals surface area contributed by atoms with E-state index in [4.69, 9.17) is 17.3 Å². The molecule has 0 saturated carbocycles. The first-order chi connectivity index (χ1) is 9.28. The lowest BCUT2D eigenvalue weighted by atomic mass is 10.2. The number of benzene rings is 1. The molecule has 1 rings (SSSR count). The number of nitrogens with two attached hydrogens (primary N) is 1. The summed E-state index contributed by atoms with van der Waals surface area (Å²) in [6, 6.07) is 4.62. The number of hydrogen-bond acceptors (Lipinski definition) is 3. The third-order valence-electron chi connectivity index (χ3n) is 2.24. The second kappa shape index (κ2) is 7.35. The number of nitrogens with one attached hydrogen (secondary N) is 1. The van der Waals surface area contributed by atoms with Gasteiger partial charge in [0.2, 0.25) is 5.91 Å². The minimum absolute atomic E-state index is 0.0559. The Morgan fingerprint density at radius 2 is 2.10 bits per heavy atom. The zero-order valence-electron chi connectivity index (χ0n) is 10.5. The second-order valence-electron chi connectivity index (χ2n) is 4.06. The van der Waals surface area contributed by atoms with Crippen molar-refractivity contribution in [1.82, 2.24) is 0 Å². The highest BCUT2D eigenvalue weighted by Gasteiger charge is 2.27. The lowest BCUT2D eigenvalue weighted by Crippen LogP contribution is -2.18. The lowest BCUT2D eigenvalue weighted by Gasteiger charge is -2.08. The van der Waals surface area contributed by atoms with Gasteiger partial charge in [-0.05, 0) is 24.6 Å². The SMILES string of the molecule is Nc1cc(NC(=O)CCCOCC(F)(F)F)ccc1Cl. The minimum Gasteiger partial charge on any atom is -0.397 e. The van der Waals surface area contributed by atoms with E-state index < -0.39 is 12.8 Å². The zero-order valence-corrected chi connectivity index (χ0v) is 11.2.